The molecule has 0 unspecified atom stereocenters. The molecule has 3 heterocycles. The minimum Gasteiger partial charge on any atom is -0.350 e. The summed E-state index contributed by atoms with van der Waals surface area (Å²) in [5, 5.41) is 0. The summed E-state index contributed by atoms with van der Waals surface area (Å²) in [7, 11) is 0. The zero-order valence-electron chi connectivity index (χ0n) is 9.05. The molecular weight excluding hydrogens is 340 g/mol. The number of fused-ring (bicyclic) bond motifs is 3. The highest BCUT2D eigenvalue weighted by Gasteiger charge is 2.64. The van der Waals surface area contributed by atoms with Crippen LogP contribution >= 0.6 is 31.9 Å². The Morgan fingerprint density at radius 1 is 1.06 bits per heavy atom. The summed E-state index contributed by atoms with van der Waals surface area (Å²) in [6, 6.07) is 0. The van der Waals surface area contributed by atoms with E-state index < -0.39 is 17.0 Å². The molecule has 0 saturated carbocycles. The Balaban J connectivity index is 2.23. The molecule has 88 valence electrons. The molecule has 1 saturated heterocycles. The van der Waals surface area contributed by atoms with Crippen LogP contribution in [-0.2, 0) is 14.2 Å². The average molecular weight is 352 g/mol. The van der Waals surface area contributed by atoms with Crippen LogP contribution in [-0.4, -0.2) is 30.2 Å². The maximum atomic E-state index is 6.10. The fourth-order valence-electron chi connectivity index (χ4n) is 2.53. The van der Waals surface area contributed by atoms with Crippen LogP contribution in [0.2, 0.25) is 0 Å². The molecule has 0 amide bonds. The summed E-state index contributed by atoms with van der Waals surface area (Å²) >= 11 is 7.16. The third kappa shape index (κ3) is 1.13. The lowest BCUT2D eigenvalue weighted by molar-refractivity contribution is -0.252. The highest BCUT2D eigenvalue weighted by Crippen LogP contribution is 2.57. The Labute approximate surface area is 111 Å². The molecule has 0 N–H and O–H groups in total. The first-order valence-corrected chi connectivity index (χ1v) is 6.77. The van der Waals surface area contributed by atoms with Crippen LogP contribution in [0.15, 0.2) is 21.1 Å². The third-order valence-electron chi connectivity index (χ3n) is 3.41. The smallest absolute Gasteiger partial charge is 0.236 e. The van der Waals surface area contributed by atoms with Gasteiger partial charge in [-0.25, -0.2) is 0 Å². The molecule has 1 fully saturated rings. The van der Waals surface area contributed by atoms with Crippen LogP contribution in [0.4, 0.5) is 0 Å². The molecule has 0 aromatic heterocycles. The van der Waals surface area contributed by atoms with Crippen LogP contribution in [0.3, 0.4) is 0 Å². The molecule has 0 radical (unpaired) electrons. The second kappa shape index (κ2) is 3.20. The first-order valence-electron chi connectivity index (χ1n) is 5.18. The zero-order valence-corrected chi connectivity index (χ0v) is 12.2. The Morgan fingerprint density at radius 2 is 1.69 bits per heavy atom. The predicted molar refractivity (Wildman–Crippen MR) is 66.6 cm³/mol. The van der Waals surface area contributed by atoms with E-state index >= 15 is 0 Å². The van der Waals surface area contributed by atoms with E-state index in [-0.39, 0.29) is 0 Å². The monoisotopic (exact) mass is 350 g/mol. The van der Waals surface area contributed by atoms with Gasteiger partial charge in [0.2, 0.25) is 5.79 Å². The van der Waals surface area contributed by atoms with Gasteiger partial charge >= 0.3 is 0 Å². The molecule has 2 atom stereocenters. The van der Waals surface area contributed by atoms with Gasteiger partial charge in [-0.2, -0.15) is 0 Å². The number of halogens is 2. The molecule has 0 aromatic carbocycles. The first kappa shape index (κ1) is 11.4. The van der Waals surface area contributed by atoms with E-state index in [9.17, 15) is 0 Å². The second-order valence-electron chi connectivity index (χ2n) is 4.59. The van der Waals surface area contributed by atoms with Crippen LogP contribution in [0, 0.1) is 0 Å². The van der Waals surface area contributed by atoms with Crippen molar-refractivity contribution < 1.29 is 14.2 Å². The maximum Gasteiger partial charge on any atom is 0.236 e. The van der Waals surface area contributed by atoms with Crippen LogP contribution < -0.4 is 0 Å². The molecule has 16 heavy (non-hydrogen) atoms. The van der Waals surface area contributed by atoms with Crippen molar-refractivity contribution >= 4 is 31.9 Å². The van der Waals surface area contributed by atoms with E-state index in [4.69, 9.17) is 14.2 Å². The summed E-state index contributed by atoms with van der Waals surface area (Å²) in [5.41, 5.74) is -0.998. The molecule has 3 nitrogen and oxygen atoms in total. The van der Waals surface area contributed by atoms with Crippen LogP contribution in [0.25, 0.3) is 0 Å². The highest BCUT2D eigenvalue weighted by atomic mass is 79.9. The highest BCUT2D eigenvalue weighted by molar-refractivity contribution is 9.14. The van der Waals surface area contributed by atoms with Crippen LogP contribution in [0.5, 0.6) is 0 Å². The lowest BCUT2D eigenvalue weighted by Crippen LogP contribution is -2.58. The third-order valence-corrected chi connectivity index (χ3v) is 6.04. The molecule has 5 heteroatoms. The van der Waals surface area contributed by atoms with Gasteiger partial charge in [-0.05, 0) is 41.9 Å². The van der Waals surface area contributed by atoms with Crippen molar-refractivity contribution in [2.24, 2.45) is 0 Å². The summed E-state index contributed by atoms with van der Waals surface area (Å²) in [6.07, 6.45) is 4.06. The number of ether oxygens (including phenoxy) is 3. The molecule has 0 aliphatic carbocycles. The van der Waals surface area contributed by atoms with Gasteiger partial charge in [0.1, 0.15) is 11.2 Å². The maximum absolute atomic E-state index is 6.10. The lowest BCUT2D eigenvalue weighted by Gasteiger charge is -2.47. The van der Waals surface area contributed by atoms with Crippen molar-refractivity contribution in [3.8, 4) is 0 Å². The van der Waals surface area contributed by atoms with E-state index in [2.05, 4.69) is 31.9 Å². The number of hydrogen-bond donors (Lipinski definition) is 0. The van der Waals surface area contributed by atoms with Crippen molar-refractivity contribution in [3.63, 3.8) is 0 Å². The summed E-state index contributed by atoms with van der Waals surface area (Å²) in [6.45, 7) is 5.17. The van der Waals surface area contributed by atoms with E-state index in [0.717, 1.165) is 8.96 Å². The van der Waals surface area contributed by atoms with Gasteiger partial charge in [-0.15, -0.1) is 0 Å². The van der Waals surface area contributed by atoms with Crippen molar-refractivity contribution in [1.29, 1.82) is 0 Å². The lowest BCUT2D eigenvalue weighted by atomic mass is 9.93. The Morgan fingerprint density at radius 3 is 2.31 bits per heavy atom. The quantitative estimate of drug-likeness (QED) is 0.628. The number of rotatable bonds is 0. The Kier molecular flexibility index (Phi) is 2.28. The van der Waals surface area contributed by atoms with Gasteiger partial charge in [-0.1, -0.05) is 15.9 Å². The largest absolute Gasteiger partial charge is 0.350 e. The molecular formula is C11H12Br2O3. The van der Waals surface area contributed by atoms with E-state index in [0.29, 0.717) is 13.2 Å². The predicted octanol–water partition coefficient (Wildman–Crippen LogP) is 2.85. The minimum atomic E-state index is -0.835. The van der Waals surface area contributed by atoms with Gasteiger partial charge in [0.05, 0.1) is 17.7 Å². The normalized spacial score (nSPS) is 44.8. The molecule has 3 aliphatic rings. The van der Waals surface area contributed by atoms with Gasteiger partial charge in [-0.3, -0.25) is 0 Å². The van der Waals surface area contributed by atoms with Crippen molar-refractivity contribution in [2.75, 3.05) is 13.2 Å². The minimum absolute atomic E-state index is 0.422. The Bertz CT molecular complexity index is 411. The van der Waals surface area contributed by atoms with E-state index in [1.54, 1.807) is 0 Å². The standard InChI is InChI=1S/C11H12Br2O3/c1-9-3-4-10(2,16-9)11(8(13)7(9)12)14-5-6-15-11/h3-4H,5-6H2,1-2H3/t9-,10+/m1/s1. The van der Waals surface area contributed by atoms with Crippen LogP contribution in [0.1, 0.15) is 13.8 Å². The summed E-state index contributed by atoms with van der Waals surface area (Å²) < 4.78 is 19.5. The molecule has 3 aliphatic heterocycles. The van der Waals surface area contributed by atoms with E-state index in [1.165, 1.54) is 0 Å². The second-order valence-corrected chi connectivity index (χ2v) is 6.18. The average Bonchev–Trinajstić information content (AvgIpc) is 2.82. The van der Waals surface area contributed by atoms with Crippen molar-refractivity contribution in [3.05, 3.63) is 21.1 Å². The molecule has 1 spiro atoms. The summed E-state index contributed by atoms with van der Waals surface area (Å²) in [4.78, 5) is 0. The SMILES string of the molecule is C[C@]12C=C[C@](C)(O1)C1(OCCO1)C(Br)=C2Br. The summed E-state index contributed by atoms with van der Waals surface area (Å²) in [5.74, 6) is -0.835. The van der Waals surface area contributed by atoms with Gasteiger partial charge in [0.25, 0.3) is 0 Å². The molecule has 0 aromatic rings. The van der Waals surface area contributed by atoms with Gasteiger partial charge in [0.15, 0.2) is 0 Å². The Hall–Kier alpha value is 0.320. The van der Waals surface area contributed by atoms with Gasteiger partial charge in [0, 0.05) is 4.48 Å². The zero-order chi connectivity index (χ0) is 11.6. The van der Waals surface area contributed by atoms with Gasteiger partial charge < -0.3 is 14.2 Å². The topological polar surface area (TPSA) is 27.7 Å². The fraction of sp³-hybridized carbons (Fsp3) is 0.636. The molecule has 2 bridgehead atoms. The molecule has 3 rings (SSSR count). The first-order chi connectivity index (χ1) is 7.44. The van der Waals surface area contributed by atoms with E-state index in [1.807, 2.05) is 26.0 Å². The fourth-order valence-corrected chi connectivity index (χ4v) is 4.02. The van der Waals surface area contributed by atoms with Crippen molar-refractivity contribution in [2.45, 2.75) is 30.8 Å². The van der Waals surface area contributed by atoms with Crippen molar-refractivity contribution in [1.82, 2.24) is 0 Å². The number of hydrogen-bond acceptors (Lipinski definition) is 3.